The molecule has 1 amide bonds. The molecule has 1 N–H and O–H groups in total. The Hall–Kier alpha value is -2.63. The van der Waals surface area contributed by atoms with Gasteiger partial charge in [-0.25, -0.2) is 9.97 Å². The molecule has 0 unspecified atom stereocenters. The molecular weight excluding hydrogens is 290 g/mol. The number of anilines is 2. The number of allylic oxidation sites excluding steroid dienone is 3. The molecule has 0 spiro atoms. The van der Waals surface area contributed by atoms with E-state index in [1.807, 2.05) is 42.6 Å². The van der Waals surface area contributed by atoms with Crippen molar-refractivity contribution in [3.63, 3.8) is 0 Å². The number of amides is 1. The molecule has 0 atom stereocenters. The smallest absolute Gasteiger partial charge is 0.228 e. The van der Waals surface area contributed by atoms with Gasteiger partial charge in [0.05, 0.1) is 11.8 Å². The van der Waals surface area contributed by atoms with Crippen LogP contribution in [-0.2, 0) is 11.8 Å². The Kier molecular flexibility index (Phi) is 3.90. The molecule has 0 saturated heterocycles. The summed E-state index contributed by atoms with van der Waals surface area (Å²) in [5.74, 6) is 1.43. The summed E-state index contributed by atoms with van der Waals surface area (Å²) in [5, 5.41) is 2.93. The Balaban J connectivity index is 2.04. The molecule has 1 saturated carbocycles. The first-order chi connectivity index (χ1) is 11.0. The molecule has 23 heavy (non-hydrogen) atoms. The predicted octanol–water partition coefficient (Wildman–Crippen LogP) is 2.84. The zero-order valence-electron chi connectivity index (χ0n) is 13.7. The summed E-state index contributed by atoms with van der Waals surface area (Å²) in [6, 6.07) is 1.97. The van der Waals surface area contributed by atoms with Gasteiger partial charge in [-0.2, -0.15) is 0 Å². The zero-order valence-corrected chi connectivity index (χ0v) is 13.7. The van der Waals surface area contributed by atoms with E-state index in [2.05, 4.69) is 21.9 Å². The number of carbonyl (C=O) groups is 1. The lowest BCUT2D eigenvalue weighted by molar-refractivity contribution is -0.117. The number of hydrogen-bond acceptors (Lipinski definition) is 4. The summed E-state index contributed by atoms with van der Waals surface area (Å²) < 4.78 is 1.92. The quantitative estimate of drug-likeness (QED) is 0.863. The summed E-state index contributed by atoms with van der Waals surface area (Å²) in [5.41, 5.74) is 2.65. The number of nitrogens with one attached hydrogen (secondary N) is 1. The Morgan fingerprint density at radius 1 is 1.52 bits per heavy atom. The van der Waals surface area contributed by atoms with E-state index < -0.39 is 0 Å². The third kappa shape index (κ3) is 2.97. The molecule has 1 fully saturated rings. The SMILES string of the molecule is C=C/C=C(\C)N(C)c1cc2c(ncn2C)c(NC(=O)C2CC2)n1. The molecule has 3 rings (SSSR count). The van der Waals surface area contributed by atoms with E-state index in [4.69, 9.17) is 0 Å². The molecule has 0 aromatic carbocycles. The first-order valence-electron chi connectivity index (χ1n) is 7.67. The van der Waals surface area contributed by atoms with Gasteiger partial charge in [0.2, 0.25) is 5.91 Å². The van der Waals surface area contributed by atoms with Crippen molar-refractivity contribution in [2.75, 3.05) is 17.3 Å². The lowest BCUT2D eigenvalue weighted by Crippen LogP contribution is -2.19. The Morgan fingerprint density at radius 2 is 2.26 bits per heavy atom. The maximum absolute atomic E-state index is 12.1. The molecule has 120 valence electrons. The largest absolute Gasteiger partial charge is 0.334 e. The van der Waals surface area contributed by atoms with Crippen LogP contribution in [0.15, 0.2) is 36.8 Å². The average Bonchev–Trinajstić information content (AvgIpc) is 3.31. The molecule has 2 aromatic rings. The van der Waals surface area contributed by atoms with Crippen molar-refractivity contribution >= 4 is 28.6 Å². The lowest BCUT2D eigenvalue weighted by atomic mass is 10.3. The predicted molar refractivity (Wildman–Crippen MR) is 92.2 cm³/mol. The van der Waals surface area contributed by atoms with Gasteiger partial charge in [0.15, 0.2) is 5.82 Å². The van der Waals surface area contributed by atoms with Crippen LogP contribution in [0.3, 0.4) is 0 Å². The van der Waals surface area contributed by atoms with Crippen LogP contribution in [0.5, 0.6) is 0 Å². The van der Waals surface area contributed by atoms with Crippen molar-refractivity contribution in [3.05, 3.63) is 36.8 Å². The minimum Gasteiger partial charge on any atom is -0.334 e. The van der Waals surface area contributed by atoms with Gasteiger partial charge >= 0.3 is 0 Å². The van der Waals surface area contributed by atoms with Gasteiger partial charge in [0.1, 0.15) is 11.3 Å². The molecule has 2 aromatic heterocycles. The van der Waals surface area contributed by atoms with Gasteiger partial charge < -0.3 is 14.8 Å². The van der Waals surface area contributed by atoms with E-state index in [9.17, 15) is 4.79 Å². The van der Waals surface area contributed by atoms with E-state index in [1.165, 1.54) is 0 Å². The van der Waals surface area contributed by atoms with Crippen LogP contribution in [-0.4, -0.2) is 27.5 Å². The monoisotopic (exact) mass is 311 g/mol. The number of carbonyl (C=O) groups excluding carboxylic acids is 1. The van der Waals surface area contributed by atoms with Gasteiger partial charge in [0.25, 0.3) is 0 Å². The van der Waals surface area contributed by atoms with Crippen LogP contribution in [0.2, 0.25) is 0 Å². The summed E-state index contributed by atoms with van der Waals surface area (Å²) in [4.78, 5) is 23.1. The molecule has 6 nitrogen and oxygen atoms in total. The Morgan fingerprint density at radius 3 is 2.91 bits per heavy atom. The fraction of sp³-hybridized carbons (Fsp3) is 0.353. The number of hydrogen-bond donors (Lipinski definition) is 1. The molecule has 6 heteroatoms. The third-order valence-electron chi connectivity index (χ3n) is 4.12. The molecule has 0 bridgehead atoms. The van der Waals surface area contributed by atoms with Gasteiger partial charge in [-0.15, -0.1) is 0 Å². The minimum absolute atomic E-state index is 0.0302. The summed E-state index contributed by atoms with van der Waals surface area (Å²) >= 11 is 0. The highest BCUT2D eigenvalue weighted by Crippen LogP contribution is 2.32. The van der Waals surface area contributed by atoms with Crippen LogP contribution in [0.25, 0.3) is 11.0 Å². The second-order valence-electron chi connectivity index (χ2n) is 5.92. The summed E-state index contributed by atoms with van der Waals surface area (Å²) in [6.07, 6.45) is 7.30. The Labute approximate surface area is 135 Å². The molecule has 2 heterocycles. The van der Waals surface area contributed by atoms with E-state index in [-0.39, 0.29) is 11.8 Å². The van der Waals surface area contributed by atoms with E-state index in [1.54, 1.807) is 12.4 Å². The summed E-state index contributed by atoms with van der Waals surface area (Å²) in [7, 11) is 3.87. The van der Waals surface area contributed by atoms with E-state index in [0.717, 1.165) is 29.9 Å². The van der Waals surface area contributed by atoms with Gasteiger partial charge in [0, 0.05) is 31.8 Å². The second-order valence-corrected chi connectivity index (χ2v) is 5.92. The molecule has 1 aliphatic rings. The molecule has 0 radical (unpaired) electrons. The maximum atomic E-state index is 12.1. The number of aromatic nitrogens is 3. The number of imidazole rings is 1. The lowest BCUT2D eigenvalue weighted by Gasteiger charge is -2.20. The third-order valence-corrected chi connectivity index (χ3v) is 4.12. The number of rotatable bonds is 5. The number of pyridine rings is 1. The highest BCUT2D eigenvalue weighted by molar-refractivity contribution is 6.00. The second kappa shape index (κ2) is 5.87. The van der Waals surface area contributed by atoms with Crippen LogP contribution in [0, 0.1) is 5.92 Å². The highest BCUT2D eigenvalue weighted by Gasteiger charge is 2.30. The standard InChI is InChI=1S/C17H21N5O/c1-5-6-11(2)22(4)14-9-13-15(18-10-21(13)3)16(19-14)20-17(23)12-7-8-12/h5-6,9-10,12H,1,7-8H2,2-4H3,(H,19,20,23)/b11-6+. The van der Waals surface area contributed by atoms with Gasteiger partial charge in [-0.3, -0.25) is 4.79 Å². The van der Waals surface area contributed by atoms with Gasteiger partial charge in [-0.1, -0.05) is 12.7 Å². The zero-order chi connectivity index (χ0) is 16.6. The van der Waals surface area contributed by atoms with Crippen molar-refractivity contribution in [2.45, 2.75) is 19.8 Å². The van der Waals surface area contributed by atoms with Crippen molar-refractivity contribution in [1.29, 1.82) is 0 Å². The maximum Gasteiger partial charge on any atom is 0.228 e. The summed E-state index contributed by atoms with van der Waals surface area (Å²) in [6.45, 7) is 5.71. The first-order valence-corrected chi connectivity index (χ1v) is 7.67. The fourth-order valence-corrected chi connectivity index (χ4v) is 2.40. The number of fused-ring (bicyclic) bond motifs is 1. The van der Waals surface area contributed by atoms with E-state index >= 15 is 0 Å². The molecular formula is C17H21N5O. The average molecular weight is 311 g/mol. The highest BCUT2D eigenvalue weighted by atomic mass is 16.2. The van der Waals surface area contributed by atoms with Crippen molar-refractivity contribution < 1.29 is 4.79 Å². The Bertz CT molecular complexity index is 801. The number of aryl methyl sites for hydroxylation is 1. The van der Waals surface area contributed by atoms with Crippen molar-refractivity contribution in [1.82, 2.24) is 14.5 Å². The topological polar surface area (TPSA) is 63.1 Å². The minimum atomic E-state index is 0.0302. The van der Waals surface area contributed by atoms with Crippen molar-refractivity contribution in [3.8, 4) is 0 Å². The first kappa shape index (κ1) is 15.3. The molecule has 1 aliphatic carbocycles. The van der Waals surface area contributed by atoms with Crippen LogP contribution in [0.1, 0.15) is 19.8 Å². The van der Waals surface area contributed by atoms with E-state index in [0.29, 0.717) is 11.3 Å². The van der Waals surface area contributed by atoms with Crippen LogP contribution < -0.4 is 10.2 Å². The van der Waals surface area contributed by atoms with Crippen molar-refractivity contribution in [2.24, 2.45) is 13.0 Å². The normalized spacial score (nSPS) is 14.8. The van der Waals surface area contributed by atoms with Gasteiger partial charge in [-0.05, 0) is 25.8 Å². The van der Waals surface area contributed by atoms with Crippen LogP contribution in [0.4, 0.5) is 11.6 Å². The fourth-order valence-electron chi connectivity index (χ4n) is 2.40. The molecule has 0 aliphatic heterocycles. The van der Waals surface area contributed by atoms with Crippen LogP contribution >= 0.6 is 0 Å². The number of nitrogens with zero attached hydrogens (tertiary/aromatic N) is 4.